The van der Waals surface area contributed by atoms with Crippen molar-refractivity contribution in [1.82, 2.24) is 14.7 Å². The van der Waals surface area contributed by atoms with Gasteiger partial charge in [0.25, 0.3) is 0 Å². The van der Waals surface area contributed by atoms with Crippen molar-refractivity contribution in [2.45, 2.75) is 52.0 Å². The van der Waals surface area contributed by atoms with Crippen LogP contribution in [0, 0.1) is 5.92 Å². The van der Waals surface area contributed by atoms with Crippen LogP contribution in [0.25, 0.3) is 0 Å². The third kappa shape index (κ3) is 6.42. The maximum absolute atomic E-state index is 12.5. The second-order valence-corrected chi connectivity index (χ2v) is 7.18. The molecule has 2 heterocycles. The van der Waals surface area contributed by atoms with Crippen molar-refractivity contribution in [1.29, 1.82) is 0 Å². The Morgan fingerprint density at radius 1 is 1.00 bits per heavy atom. The van der Waals surface area contributed by atoms with E-state index in [0.717, 1.165) is 71.5 Å². The molecule has 7 heteroatoms. The number of nitrogens with zero attached hydrogens (tertiary/aromatic N) is 3. The zero-order valence-corrected chi connectivity index (χ0v) is 16.6. The molecule has 0 saturated carbocycles. The molecule has 2 amide bonds. The van der Waals surface area contributed by atoms with Gasteiger partial charge in [0.05, 0.1) is 6.04 Å². The van der Waals surface area contributed by atoms with Gasteiger partial charge in [0.1, 0.15) is 0 Å². The van der Waals surface area contributed by atoms with E-state index in [1.807, 2.05) is 16.7 Å². The molecule has 2 N–H and O–H groups in total. The van der Waals surface area contributed by atoms with Crippen molar-refractivity contribution in [3.63, 3.8) is 0 Å². The number of likely N-dealkylation sites (tertiary alicyclic amines) is 1. The summed E-state index contributed by atoms with van der Waals surface area (Å²) < 4.78 is 0. The average Bonchev–Trinajstić information content (AvgIpc) is 2.62. The van der Waals surface area contributed by atoms with Crippen LogP contribution in [-0.2, 0) is 9.59 Å². The minimum Gasteiger partial charge on any atom is -0.341 e. The van der Waals surface area contributed by atoms with Gasteiger partial charge in [0, 0.05) is 45.7 Å². The van der Waals surface area contributed by atoms with Gasteiger partial charge >= 0.3 is 0 Å². The van der Waals surface area contributed by atoms with Crippen LogP contribution in [0.1, 0.15) is 46.0 Å². The van der Waals surface area contributed by atoms with Gasteiger partial charge < -0.3 is 20.4 Å². The number of hydrogen-bond donors (Lipinski definition) is 1. The molecule has 25 heavy (non-hydrogen) atoms. The summed E-state index contributed by atoms with van der Waals surface area (Å²) in [6, 6.07) is -0.358. The second-order valence-electron chi connectivity index (χ2n) is 7.18. The van der Waals surface area contributed by atoms with Crippen molar-refractivity contribution in [2.75, 3.05) is 45.8 Å². The zero-order chi connectivity index (χ0) is 17.5. The Morgan fingerprint density at radius 2 is 1.60 bits per heavy atom. The topological polar surface area (TPSA) is 69.9 Å². The van der Waals surface area contributed by atoms with Crippen LogP contribution in [-0.4, -0.2) is 78.4 Å². The Balaban J connectivity index is 0.00000312. The maximum Gasteiger partial charge on any atom is 0.239 e. The molecule has 1 atom stereocenters. The molecule has 0 aromatic rings. The summed E-state index contributed by atoms with van der Waals surface area (Å²) in [5.74, 6) is 0.781. The van der Waals surface area contributed by atoms with E-state index in [1.165, 1.54) is 0 Å². The van der Waals surface area contributed by atoms with Gasteiger partial charge in [0.15, 0.2) is 0 Å². The summed E-state index contributed by atoms with van der Waals surface area (Å²) in [5, 5.41) is 0. The molecule has 0 aliphatic carbocycles. The highest BCUT2D eigenvalue weighted by molar-refractivity contribution is 5.85. The fourth-order valence-electron chi connectivity index (χ4n) is 3.72. The molecule has 0 radical (unpaired) electrons. The molecule has 1 unspecified atom stereocenters. The van der Waals surface area contributed by atoms with E-state index in [1.54, 1.807) is 0 Å². The lowest BCUT2D eigenvalue weighted by molar-refractivity contribution is -0.135. The zero-order valence-electron chi connectivity index (χ0n) is 15.8. The van der Waals surface area contributed by atoms with Crippen LogP contribution >= 0.6 is 12.4 Å². The Morgan fingerprint density at radius 3 is 2.12 bits per heavy atom. The van der Waals surface area contributed by atoms with Crippen molar-refractivity contribution in [3.8, 4) is 0 Å². The number of likely N-dealkylation sites (N-methyl/N-ethyl adjacent to an activating group) is 1. The molecule has 6 nitrogen and oxygen atoms in total. The quantitative estimate of drug-likeness (QED) is 0.761. The molecular weight excluding hydrogens is 340 g/mol. The summed E-state index contributed by atoms with van der Waals surface area (Å²) in [6.45, 7) is 10.5. The molecule has 0 bridgehead atoms. The van der Waals surface area contributed by atoms with Gasteiger partial charge in [-0.05, 0) is 31.7 Å². The van der Waals surface area contributed by atoms with Gasteiger partial charge in [-0.25, -0.2) is 0 Å². The fourth-order valence-corrected chi connectivity index (χ4v) is 3.72. The van der Waals surface area contributed by atoms with E-state index in [-0.39, 0.29) is 24.4 Å². The van der Waals surface area contributed by atoms with Crippen LogP contribution in [0.2, 0.25) is 0 Å². The maximum atomic E-state index is 12.5. The largest absolute Gasteiger partial charge is 0.341 e. The molecule has 0 aromatic carbocycles. The second kappa shape index (κ2) is 11.0. The Kier molecular flexibility index (Phi) is 9.75. The molecule has 2 fully saturated rings. The predicted molar refractivity (Wildman–Crippen MR) is 103 cm³/mol. The minimum atomic E-state index is -0.358. The number of amides is 2. The lowest BCUT2D eigenvalue weighted by Gasteiger charge is -2.36. The van der Waals surface area contributed by atoms with E-state index in [0.29, 0.717) is 18.2 Å². The summed E-state index contributed by atoms with van der Waals surface area (Å²) in [6.07, 6.45) is 4.16. The van der Waals surface area contributed by atoms with Gasteiger partial charge in [-0.2, -0.15) is 0 Å². The van der Waals surface area contributed by atoms with Crippen LogP contribution < -0.4 is 5.73 Å². The molecule has 0 spiro atoms. The van der Waals surface area contributed by atoms with E-state index < -0.39 is 0 Å². The Bertz CT molecular complexity index is 419. The van der Waals surface area contributed by atoms with Crippen LogP contribution in [0.5, 0.6) is 0 Å². The third-order valence-corrected chi connectivity index (χ3v) is 5.48. The number of piperidine rings is 1. The third-order valence-electron chi connectivity index (χ3n) is 5.48. The summed E-state index contributed by atoms with van der Waals surface area (Å²) in [7, 11) is 0. The van der Waals surface area contributed by atoms with Gasteiger partial charge in [-0.1, -0.05) is 20.3 Å². The standard InChI is InChI=1S/C18H34N4O2.ClH/c1-3-5-16(19)18(24)22-8-6-15(7-9-22)14-17(23)21-12-10-20(4-2)11-13-21;/h15-16H,3-14,19H2,1-2H3;1H. The Labute approximate surface area is 158 Å². The highest BCUT2D eigenvalue weighted by atomic mass is 35.5. The number of nitrogens with two attached hydrogens (primary N) is 1. The number of piperazine rings is 1. The first-order valence-electron chi connectivity index (χ1n) is 9.59. The lowest BCUT2D eigenvalue weighted by Crippen LogP contribution is -2.50. The van der Waals surface area contributed by atoms with Crippen molar-refractivity contribution in [3.05, 3.63) is 0 Å². The predicted octanol–water partition coefficient (Wildman–Crippen LogP) is 1.33. The lowest BCUT2D eigenvalue weighted by atomic mass is 9.92. The number of halogens is 1. The number of carbonyl (C=O) groups excluding carboxylic acids is 2. The van der Waals surface area contributed by atoms with Crippen molar-refractivity contribution in [2.24, 2.45) is 11.7 Å². The van der Waals surface area contributed by atoms with Gasteiger partial charge in [-0.3, -0.25) is 9.59 Å². The van der Waals surface area contributed by atoms with E-state index >= 15 is 0 Å². The summed E-state index contributed by atoms with van der Waals surface area (Å²) in [5.41, 5.74) is 5.94. The molecule has 146 valence electrons. The minimum absolute atomic E-state index is 0. The molecule has 2 saturated heterocycles. The van der Waals surface area contributed by atoms with Gasteiger partial charge in [0.2, 0.25) is 11.8 Å². The smallest absolute Gasteiger partial charge is 0.239 e. The number of hydrogen-bond acceptors (Lipinski definition) is 4. The number of carbonyl (C=O) groups is 2. The summed E-state index contributed by atoms with van der Waals surface area (Å²) in [4.78, 5) is 31.0. The van der Waals surface area contributed by atoms with E-state index in [2.05, 4.69) is 11.8 Å². The molecule has 2 aliphatic heterocycles. The van der Waals surface area contributed by atoms with Crippen LogP contribution in [0.3, 0.4) is 0 Å². The Hall–Kier alpha value is -0.850. The highest BCUT2D eigenvalue weighted by Gasteiger charge is 2.28. The number of rotatable bonds is 6. The van der Waals surface area contributed by atoms with Crippen molar-refractivity contribution >= 4 is 24.2 Å². The molecule has 2 rings (SSSR count). The molecule has 0 aromatic heterocycles. The summed E-state index contributed by atoms with van der Waals surface area (Å²) >= 11 is 0. The van der Waals surface area contributed by atoms with Crippen LogP contribution in [0.15, 0.2) is 0 Å². The SMILES string of the molecule is CCCC(N)C(=O)N1CCC(CC(=O)N2CCN(CC)CC2)CC1.Cl. The van der Waals surface area contributed by atoms with E-state index in [4.69, 9.17) is 5.73 Å². The fraction of sp³-hybridized carbons (Fsp3) is 0.889. The van der Waals surface area contributed by atoms with E-state index in [9.17, 15) is 9.59 Å². The monoisotopic (exact) mass is 374 g/mol. The van der Waals surface area contributed by atoms with Crippen LogP contribution in [0.4, 0.5) is 0 Å². The highest BCUT2D eigenvalue weighted by Crippen LogP contribution is 2.22. The van der Waals surface area contributed by atoms with Crippen molar-refractivity contribution < 1.29 is 9.59 Å². The normalized spacial score (nSPS) is 20.9. The molecule has 2 aliphatic rings. The first kappa shape index (κ1) is 22.2. The first-order chi connectivity index (χ1) is 11.5. The molecular formula is C18H35ClN4O2. The first-order valence-corrected chi connectivity index (χ1v) is 9.59. The average molecular weight is 375 g/mol. The van der Waals surface area contributed by atoms with Gasteiger partial charge in [-0.15, -0.1) is 12.4 Å².